The minimum absolute atomic E-state index is 0.303. The molecule has 0 aliphatic carbocycles. The maximum Gasteiger partial charge on any atom is 0.343 e. The standard InChI is InChI=1S/C19H15FO2/c1-12-3-4-13(2)17(9-12)18-11-15(19(21)22-18)10-14-5-7-16(20)8-6-14/h3-11H,1-2H3. The minimum atomic E-state index is -0.389. The number of carbonyl (C=O) groups is 1. The molecule has 110 valence electrons. The largest absolute Gasteiger partial charge is 0.422 e. The number of ether oxygens (including phenoxy) is 1. The van der Waals surface area contributed by atoms with Gasteiger partial charge < -0.3 is 4.74 Å². The first-order valence-corrected chi connectivity index (χ1v) is 7.02. The van der Waals surface area contributed by atoms with Gasteiger partial charge in [0.15, 0.2) is 0 Å². The summed E-state index contributed by atoms with van der Waals surface area (Å²) < 4.78 is 18.3. The molecule has 0 radical (unpaired) electrons. The van der Waals surface area contributed by atoms with Crippen molar-refractivity contribution in [2.75, 3.05) is 0 Å². The molecule has 0 saturated heterocycles. The van der Waals surface area contributed by atoms with E-state index in [1.807, 2.05) is 32.0 Å². The van der Waals surface area contributed by atoms with Crippen LogP contribution in [0.5, 0.6) is 0 Å². The molecule has 2 aromatic rings. The van der Waals surface area contributed by atoms with E-state index in [2.05, 4.69) is 0 Å². The SMILES string of the molecule is Cc1ccc(C)c(C2=CC(=Cc3ccc(F)cc3)C(=O)O2)c1. The fourth-order valence-corrected chi connectivity index (χ4v) is 2.36. The Morgan fingerprint density at radius 1 is 1.05 bits per heavy atom. The molecule has 2 nitrogen and oxygen atoms in total. The molecule has 0 spiro atoms. The van der Waals surface area contributed by atoms with Gasteiger partial charge in [0.05, 0.1) is 5.57 Å². The van der Waals surface area contributed by atoms with Crippen molar-refractivity contribution in [3.05, 3.63) is 82.2 Å². The van der Waals surface area contributed by atoms with Gasteiger partial charge in [-0.2, -0.15) is 0 Å². The lowest BCUT2D eigenvalue weighted by Crippen LogP contribution is -1.98. The lowest BCUT2D eigenvalue weighted by atomic mass is 10.0. The van der Waals surface area contributed by atoms with E-state index in [1.54, 1.807) is 24.3 Å². The second-order valence-electron chi connectivity index (χ2n) is 5.37. The molecule has 0 atom stereocenters. The molecule has 1 aliphatic rings. The van der Waals surface area contributed by atoms with Crippen molar-refractivity contribution in [2.45, 2.75) is 13.8 Å². The van der Waals surface area contributed by atoms with Gasteiger partial charge in [-0.25, -0.2) is 9.18 Å². The molecule has 0 bridgehead atoms. The molecule has 3 heteroatoms. The van der Waals surface area contributed by atoms with Crippen molar-refractivity contribution in [3.63, 3.8) is 0 Å². The van der Waals surface area contributed by atoms with Gasteiger partial charge in [0.25, 0.3) is 0 Å². The van der Waals surface area contributed by atoms with Crippen molar-refractivity contribution in [1.29, 1.82) is 0 Å². The van der Waals surface area contributed by atoms with Crippen LogP contribution in [0.2, 0.25) is 0 Å². The number of esters is 1. The Morgan fingerprint density at radius 3 is 2.50 bits per heavy atom. The zero-order valence-corrected chi connectivity index (χ0v) is 12.4. The summed E-state index contributed by atoms with van der Waals surface area (Å²) in [5, 5.41) is 0. The van der Waals surface area contributed by atoms with E-state index in [-0.39, 0.29) is 11.8 Å². The second kappa shape index (κ2) is 5.60. The second-order valence-corrected chi connectivity index (χ2v) is 5.37. The molecular formula is C19H15FO2. The molecular weight excluding hydrogens is 279 g/mol. The average Bonchev–Trinajstić information content (AvgIpc) is 2.85. The molecule has 0 fully saturated rings. The van der Waals surface area contributed by atoms with Crippen LogP contribution >= 0.6 is 0 Å². The Balaban J connectivity index is 1.97. The third-order valence-electron chi connectivity index (χ3n) is 3.58. The number of rotatable bonds is 2. The molecule has 1 aliphatic heterocycles. The van der Waals surface area contributed by atoms with Crippen LogP contribution < -0.4 is 0 Å². The highest BCUT2D eigenvalue weighted by molar-refractivity contribution is 6.05. The quantitative estimate of drug-likeness (QED) is 0.605. The van der Waals surface area contributed by atoms with E-state index in [9.17, 15) is 9.18 Å². The normalized spacial score (nSPS) is 15.9. The fourth-order valence-electron chi connectivity index (χ4n) is 2.36. The topological polar surface area (TPSA) is 26.3 Å². The highest BCUT2D eigenvalue weighted by Gasteiger charge is 2.23. The number of cyclic esters (lactones) is 1. The zero-order valence-electron chi connectivity index (χ0n) is 12.4. The molecule has 3 rings (SSSR count). The van der Waals surface area contributed by atoms with Crippen LogP contribution in [0.15, 0.2) is 54.1 Å². The summed E-state index contributed by atoms with van der Waals surface area (Å²) in [6.45, 7) is 3.97. The maximum absolute atomic E-state index is 12.9. The van der Waals surface area contributed by atoms with Crippen molar-refractivity contribution >= 4 is 17.8 Å². The summed E-state index contributed by atoms with van der Waals surface area (Å²) in [5.74, 6) is -0.137. The highest BCUT2D eigenvalue weighted by Crippen LogP contribution is 2.29. The molecule has 22 heavy (non-hydrogen) atoms. The Labute approximate surface area is 128 Å². The summed E-state index contributed by atoms with van der Waals surface area (Å²) in [4.78, 5) is 12.0. The Bertz CT molecular complexity index is 799. The van der Waals surface area contributed by atoms with Gasteiger partial charge in [-0.05, 0) is 55.3 Å². The van der Waals surface area contributed by atoms with E-state index in [0.29, 0.717) is 11.3 Å². The van der Waals surface area contributed by atoms with Crippen LogP contribution in [0.1, 0.15) is 22.3 Å². The van der Waals surface area contributed by atoms with E-state index in [4.69, 9.17) is 4.74 Å². The van der Waals surface area contributed by atoms with Crippen molar-refractivity contribution < 1.29 is 13.9 Å². The van der Waals surface area contributed by atoms with Gasteiger partial charge >= 0.3 is 5.97 Å². The molecule has 0 saturated carbocycles. The molecule has 0 amide bonds. The van der Waals surface area contributed by atoms with Crippen molar-refractivity contribution in [2.24, 2.45) is 0 Å². The van der Waals surface area contributed by atoms with Gasteiger partial charge in [-0.1, -0.05) is 29.8 Å². The number of hydrogen-bond acceptors (Lipinski definition) is 2. The van der Waals surface area contributed by atoms with E-state index in [0.717, 1.165) is 22.3 Å². The van der Waals surface area contributed by atoms with Crippen LogP contribution in [0.3, 0.4) is 0 Å². The number of aryl methyl sites for hydroxylation is 2. The molecule has 2 aromatic carbocycles. The van der Waals surface area contributed by atoms with Crippen LogP contribution in [0, 0.1) is 19.7 Å². The molecule has 0 aromatic heterocycles. The van der Waals surface area contributed by atoms with Crippen molar-refractivity contribution in [3.8, 4) is 0 Å². The third-order valence-corrected chi connectivity index (χ3v) is 3.58. The molecule has 0 unspecified atom stereocenters. The van der Waals surface area contributed by atoms with Crippen LogP contribution in [-0.2, 0) is 9.53 Å². The number of hydrogen-bond donors (Lipinski definition) is 0. The fraction of sp³-hybridized carbons (Fsp3) is 0.105. The van der Waals surface area contributed by atoms with Crippen LogP contribution in [0.25, 0.3) is 11.8 Å². The molecule has 1 heterocycles. The van der Waals surface area contributed by atoms with E-state index in [1.165, 1.54) is 12.1 Å². The number of benzene rings is 2. The smallest absolute Gasteiger partial charge is 0.343 e. The first kappa shape index (κ1) is 14.3. The van der Waals surface area contributed by atoms with Gasteiger partial charge in [-0.15, -0.1) is 0 Å². The lowest BCUT2D eigenvalue weighted by Gasteiger charge is -2.06. The van der Waals surface area contributed by atoms with E-state index >= 15 is 0 Å². The van der Waals surface area contributed by atoms with Crippen molar-refractivity contribution in [1.82, 2.24) is 0 Å². The lowest BCUT2D eigenvalue weighted by molar-refractivity contribution is -0.130. The van der Waals surface area contributed by atoms with E-state index < -0.39 is 0 Å². The highest BCUT2D eigenvalue weighted by atomic mass is 19.1. The Hall–Kier alpha value is -2.68. The zero-order chi connectivity index (χ0) is 15.7. The molecule has 0 N–H and O–H groups in total. The monoisotopic (exact) mass is 294 g/mol. The van der Waals surface area contributed by atoms with Gasteiger partial charge in [0.2, 0.25) is 0 Å². The number of carbonyl (C=O) groups excluding carboxylic acids is 1. The first-order chi connectivity index (χ1) is 10.5. The first-order valence-electron chi connectivity index (χ1n) is 7.02. The van der Waals surface area contributed by atoms with Gasteiger partial charge in [-0.3, -0.25) is 0 Å². The minimum Gasteiger partial charge on any atom is -0.422 e. The number of halogens is 1. The third kappa shape index (κ3) is 2.84. The predicted octanol–water partition coefficient (Wildman–Crippen LogP) is 4.42. The summed E-state index contributed by atoms with van der Waals surface area (Å²) in [5.41, 5.74) is 4.28. The summed E-state index contributed by atoms with van der Waals surface area (Å²) in [6, 6.07) is 12.0. The summed E-state index contributed by atoms with van der Waals surface area (Å²) >= 11 is 0. The van der Waals surface area contributed by atoms with Crippen LogP contribution in [0.4, 0.5) is 4.39 Å². The summed E-state index contributed by atoms with van der Waals surface area (Å²) in [6.07, 6.45) is 3.42. The predicted molar refractivity (Wildman–Crippen MR) is 84.4 cm³/mol. The maximum atomic E-state index is 12.9. The van der Waals surface area contributed by atoms with Crippen LogP contribution in [-0.4, -0.2) is 5.97 Å². The average molecular weight is 294 g/mol. The Morgan fingerprint density at radius 2 is 1.77 bits per heavy atom. The van der Waals surface area contributed by atoms with Gasteiger partial charge in [0.1, 0.15) is 11.6 Å². The summed E-state index contributed by atoms with van der Waals surface area (Å²) in [7, 11) is 0. The van der Waals surface area contributed by atoms with Gasteiger partial charge in [0, 0.05) is 5.56 Å². The Kier molecular flexibility index (Phi) is 3.63.